The number of fused-ring (bicyclic) bond motifs is 1. The van der Waals surface area contributed by atoms with Crippen molar-refractivity contribution in [3.8, 4) is 0 Å². The van der Waals surface area contributed by atoms with E-state index in [2.05, 4.69) is 10.3 Å². The zero-order chi connectivity index (χ0) is 14.3. The van der Waals surface area contributed by atoms with Crippen LogP contribution in [0.2, 0.25) is 0 Å². The number of nitrogens with zero attached hydrogens (tertiary/aromatic N) is 1. The monoisotopic (exact) mass is 259 g/mol. The van der Waals surface area contributed by atoms with Crippen LogP contribution in [0.15, 0.2) is 30.5 Å². The maximum atomic E-state index is 10.2. The molecule has 19 heavy (non-hydrogen) atoms. The summed E-state index contributed by atoms with van der Waals surface area (Å²) in [5.41, 5.74) is 6.95. The van der Waals surface area contributed by atoms with Crippen LogP contribution in [0.4, 0.5) is 11.4 Å². The van der Waals surface area contributed by atoms with Crippen LogP contribution in [0.25, 0.3) is 10.9 Å². The first-order chi connectivity index (χ1) is 8.72. The van der Waals surface area contributed by atoms with Gasteiger partial charge in [0.25, 0.3) is 0 Å². The molecular weight excluding hydrogens is 238 g/mol. The SMILES string of the molecule is CC(C)(O)C(C)(C)Nc1ccnc2c(N)cccc12. The van der Waals surface area contributed by atoms with Gasteiger partial charge in [-0.1, -0.05) is 12.1 Å². The lowest BCUT2D eigenvalue weighted by atomic mass is 9.85. The van der Waals surface area contributed by atoms with Gasteiger partial charge in [-0.3, -0.25) is 4.98 Å². The van der Waals surface area contributed by atoms with Crippen molar-refractivity contribution in [2.45, 2.75) is 38.8 Å². The number of aliphatic hydroxyl groups is 1. The van der Waals surface area contributed by atoms with Crippen LogP contribution < -0.4 is 11.1 Å². The first-order valence-corrected chi connectivity index (χ1v) is 6.36. The van der Waals surface area contributed by atoms with Crippen LogP contribution in [-0.2, 0) is 0 Å². The van der Waals surface area contributed by atoms with Gasteiger partial charge in [0.05, 0.1) is 22.3 Å². The van der Waals surface area contributed by atoms with E-state index in [1.54, 1.807) is 20.0 Å². The van der Waals surface area contributed by atoms with Crippen LogP contribution in [-0.4, -0.2) is 21.2 Å². The number of pyridine rings is 1. The number of para-hydroxylation sites is 1. The van der Waals surface area contributed by atoms with Crippen molar-refractivity contribution < 1.29 is 5.11 Å². The molecule has 0 spiro atoms. The molecule has 1 aromatic carbocycles. The molecule has 0 saturated heterocycles. The molecule has 4 heteroatoms. The molecule has 0 aliphatic carbocycles. The van der Waals surface area contributed by atoms with Gasteiger partial charge in [-0.05, 0) is 39.8 Å². The van der Waals surface area contributed by atoms with E-state index in [9.17, 15) is 5.11 Å². The van der Waals surface area contributed by atoms with E-state index in [-0.39, 0.29) is 0 Å². The smallest absolute Gasteiger partial charge is 0.0951 e. The Morgan fingerprint density at radius 2 is 1.84 bits per heavy atom. The summed E-state index contributed by atoms with van der Waals surface area (Å²) >= 11 is 0. The molecule has 0 aliphatic rings. The van der Waals surface area contributed by atoms with Gasteiger partial charge in [0.2, 0.25) is 0 Å². The number of benzene rings is 1. The molecule has 0 fully saturated rings. The van der Waals surface area contributed by atoms with E-state index >= 15 is 0 Å². The lowest BCUT2D eigenvalue weighted by molar-refractivity contribution is 0.0241. The van der Waals surface area contributed by atoms with Gasteiger partial charge >= 0.3 is 0 Å². The number of aromatic nitrogens is 1. The van der Waals surface area contributed by atoms with Crippen molar-refractivity contribution in [2.75, 3.05) is 11.1 Å². The van der Waals surface area contributed by atoms with Gasteiger partial charge in [0.1, 0.15) is 0 Å². The summed E-state index contributed by atoms with van der Waals surface area (Å²) in [6.45, 7) is 7.51. The number of anilines is 2. The van der Waals surface area contributed by atoms with Gasteiger partial charge in [0.15, 0.2) is 0 Å². The molecule has 0 aliphatic heterocycles. The van der Waals surface area contributed by atoms with Gasteiger partial charge in [0, 0.05) is 17.3 Å². The zero-order valence-corrected chi connectivity index (χ0v) is 11.9. The second kappa shape index (κ2) is 4.38. The van der Waals surface area contributed by atoms with E-state index in [1.165, 1.54) is 0 Å². The quantitative estimate of drug-likeness (QED) is 0.741. The summed E-state index contributed by atoms with van der Waals surface area (Å²) in [6.07, 6.45) is 1.72. The largest absolute Gasteiger partial charge is 0.397 e. The number of nitrogens with one attached hydrogen (secondary N) is 1. The Bertz CT molecular complexity index is 600. The summed E-state index contributed by atoms with van der Waals surface area (Å²) in [7, 11) is 0. The second-order valence-electron chi connectivity index (χ2n) is 5.91. The van der Waals surface area contributed by atoms with E-state index in [0.29, 0.717) is 5.69 Å². The lowest BCUT2D eigenvalue weighted by Crippen LogP contribution is -2.51. The molecule has 102 valence electrons. The minimum Gasteiger partial charge on any atom is -0.397 e. The predicted octanol–water partition coefficient (Wildman–Crippen LogP) is 2.78. The van der Waals surface area contributed by atoms with Gasteiger partial charge < -0.3 is 16.2 Å². The van der Waals surface area contributed by atoms with E-state index in [0.717, 1.165) is 16.6 Å². The maximum absolute atomic E-state index is 10.2. The van der Waals surface area contributed by atoms with Crippen molar-refractivity contribution in [3.63, 3.8) is 0 Å². The molecule has 4 nitrogen and oxygen atoms in total. The Labute approximate surface area is 113 Å². The Kier molecular flexibility index (Phi) is 3.14. The Hall–Kier alpha value is -1.81. The lowest BCUT2D eigenvalue weighted by Gasteiger charge is -2.39. The Morgan fingerprint density at radius 1 is 1.16 bits per heavy atom. The average molecular weight is 259 g/mol. The van der Waals surface area contributed by atoms with Crippen molar-refractivity contribution in [1.82, 2.24) is 4.98 Å². The number of rotatable bonds is 3. The van der Waals surface area contributed by atoms with E-state index in [1.807, 2.05) is 38.1 Å². The molecule has 4 N–H and O–H groups in total. The van der Waals surface area contributed by atoms with Crippen molar-refractivity contribution >= 4 is 22.3 Å². The highest BCUT2D eigenvalue weighted by Crippen LogP contribution is 2.31. The zero-order valence-electron chi connectivity index (χ0n) is 11.9. The third kappa shape index (κ3) is 2.49. The molecule has 0 bridgehead atoms. The van der Waals surface area contributed by atoms with Crippen molar-refractivity contribution in [2.24, 2.45) is 0 Å². The molecular formula is C15H21N3O. The minimum absolute atomic E-state index is 0.480. The Morgan fingerprint density at radius 3 is 2.47 bits per heavy atom. The van der Waals surface area contributed by atoms with Crippen LogP contribution in [0.5, 0.6) is 0 Å². The van der Waals surface area contributed by atoms with Crippen LogP contribution in [0.1, 0.15) is 27.7 Å². The Balaban J connectivity index is 2.50. The molecule has 0 radical (unpaired) electrons. The molecule has 0 amide bonds. The van der Waals surface area contributed by atoms with E-state index < -0.39 is 11.1 Å². The summed E-state index contributed by atoms with van der Waals surface area (Å²) in [6, 6.07) is 7.61. The number of hydrogen-bond donors (Lipinski definition) is 3. The van der Waals surface area contributed by atoms with Crippen molar-refractivity contribution in [3.05, 3.63) is 30.5 Å². The summed E-state index contributed by atoms with van der Waals surface area (Å²) in [5, 5.41) is 14.6. The highest BCUT2D eigenvalue weighted by Gasteiger charge is 2.35. The standard InChI is InChI=1S/C15H21N3O/c1-14(2,15(3,4)19)18-12-8-9-17-13-10(12)6-5-7-11(13)16/h5-9,19H,16H2,1-4H3,(H,17,18). The first-order valence-electron chi connectivity index (χ1n) is 6.36. The molecule has 0 saturated carbocycles. The minimum atomic E-state index is -0.858. The number of nitrogen functional groups attached to an aromatic ring is 1. The van der Waals surface area contributed by atoms with Crippen LogP contribution in [0, 0.1) is 0 Å². The van der Waals surface area contributed by atoms with Gasteiger partial charge in [-0.2, -0.15) is 0 Å². The number of nitrogens with two attached hydrogens (primary N) is 1. The fourth-order valence-electron chi connectivity index (χ4n) is 1.80. The fraction of sp³-hybridized carbons (Fsp3) is 0.400. The number of hydrogen-bond acceptors (Lipinski definition) is 4. The van der Waals surface area contributed by atoms with Crippen LogP contribution >= 0.6 is 0 Å². The highest BCUT2D eigenvalue weighted by molar-refractivity contribution is 5.97. The summed E-state index contributed by atoms with van der Waals surface area (Å²) in [4.78, 5) is 4.31. The predicted molar refractivity (Wildman–Crippen MR) is 80.2 cm³/mol. The van der Waals surface area contributed by atoms with Gasteiger partial charge in [-0.15, -0.1) is 0 Å². The third-order valence-electron chi connectivity index (χ3n) is 3.78. The maximum Gasteiger partial charge on any atom is 0.0951 e. The first kappa shape index (κ1) is 13.6. The molecule has 2 rings (SSSR count). The second-order valence-corrected chi connectivity index (χ2v) is 5.91. The van der Waals surface area contributed by atoms with Gasteiger partial charge in [-0.25, -0.2) is 0 Å². The average Bonchev–Trinajstić information content (AvgIpc) is 2.28. The van der Waals surface area contributed by atoms with E-state index in [4.69, 9.17) is 5.73 Å². The topological polar surface area (TPSA) is 71.2 Å². The molecule has 0 unspecified atom stereocenters. The molecule has 0 atom stereocenters. The normalized spacial score (nSPS) is 12.7. The summed E-state index contributed by atoms with van der Waals surface area (Å²) in [5.74, 6) is 0. The fourth-order valence-corrected chi connectivity index (χ4v) is 1.80. The molecule has 1 heterocycles. The molecule has 2 aromatic rings. The highest BCUT2D eigenvalue weighted by atomic mass is 16.3. The van der Waals surface area contributed by atoms with Crippen LogP contribution in [0.3, 0.4) is 0 Å². The van der Waals surface area contributed by atoms with Crippen molar-refractivity contribution in [1.29, 1.82) is 0 Å². The third-order valence-corrected chi connectivity index (χ3v) is 3.78. The molecule has 1 aromatic heterocycles. The summed E-state index contributed by atoms with van der Waals surface area (Å²) < 4.78 is 0.